The summed E-state index contributed by atoms with van der Waals surface area (Å²) in [7, 11) is 0. The molecule has 1 aliphatic rings. The quantitative estimate of drug-likeness (QED) is 0.335. The van der Waals surface area contributed by atoms with Crippen molar-refractivity contribution in [1.82, 2.24) is 19.8 Å². The van der Waals surface area contributed by atoms with Gasteiger partial charge in [0.1, 0.15) is 5.76 Å². The van der Waals surface area contributed by atoms with Crippen LogP contribution in [0.3, 0.4) is 0 Å². The fraction of sp³-hybridized carbons (Fsp3) is 0.200. The highest BCUT2D eigenvalue weighted by Gasteiger charge is 2.41. The molecule has 7 heteroatoms. The van der Waals surface area contributed by atoms with E-state index in [1.54, 1.807) is 6.26 Å². The number of aryl methyl sites for hydroxylation is 1. The van der Waals surface area contributed by atoms with E-state index in [1.807, 2.05) is 30.5 Å². The molecule has 1 N–H and O–H groups in total. The molecule has 0 amide bonds. The number of rotatable bonds is 5. The van der Waals surface area contributed by atoms with Crippen molar-refractivity contribution in [2.45, 2.75) is 32.5 Å². The zero-order chi connectivity index (χ0) is 22.2. The summed E-state index contributed by atoms with van der Waals surface area (Å²) in [4.78, 5) is 6.85. The number of pyridine rings is 1. The van der Waals surface area contributed by atoms with Gasteiger partial charge < -0.3 is 19.2 Å². The first-order chi connectivity index (χ1) is 15.5. The Morgan fingerprint density at radius 1 is 1.09 bits per heavy atom. The average Bonchev–Trinajstić information content (AvgIpc) is 3.49. The van der Waals surface area contributed by atoms with Crippen LogP contribution in [0.5, 0.6) is 0 Å². The van der Waals surface area contributed by atoms with E-state index in [0.29, 0.717) is 11.7 Å². The molecule has 4 aromatic rings. The van der Waals surface area contributed by atoms with Gasteiger partial charge >= 0.3 is 0 Å². The highest BCUT2D eigenvalue weighted by molar-refractivity contribution is 9.10. The van der Waals surface area contributed by atoms with Gasteiger partial charge in [-0.15, -0.1) is 0 Å². The normalized spacial score (nSPS) is 18.2. The molecule has 0 saturated carbocycles. The Morgan fingerprint density at radius 2 is 1.91 bits per heavy atom. The molecule has 5 nitrogen and oxygen atoms in total. The summed E-state index contributed by atoms with van der Waals surface area (Å²) in [5, 5.41) is 4.23. The van der Waals surface area contributed by atoms with Crippen molar-refractivity contribution in [3.63, 3.8) is 0 Å². The average molecular weight is 507 g/mol. The number of halogens is 1. The molecule has 3 aromatic heterocycles. The SMILES string of the molecule is Cc1cc([C@H]2[C@@H](c3ccccn3)NC(=S)N2Cc2ccco2)c(C)n1-c1ccc(Br)cc1. The molecule has 0 aliphatic carbocycles. The zero-order valence-electron chi connectivity index (χ0n) is 17.8. The summed E-state index contributed by atoms with van der Waals surface area (Å²) >= 11 is 9.33. The van der Waals surface area contributed by atoms with Crippen LogP contribution in [0.2, 0.25) is 0 Å². The number of nitrogens with one attached hydrogen (secondary N) is 1. The molecule has 0 unspecified atom stereocenters. The molecule has 0 radical (unpaired) electrons. The monoisotopic (exact) mass is 506 g/mol. The van der Waals surface area contributed by atoms with Crippen LogP contribution in [0, 0.1) is 13.8 Å². The van der Waals surface area contributed by atoms with E-state index < -0.39 is 0 Å². The lowest BCUT2D eigenvalue weighted by atomic mass is 9.96. The Kier molecular flexibility index (Phi) is 5.61. The predicted molar refractivity (Wildman–Crippen MR) is 133 cm³/mol. The van der Waals surface area contributed by atoms with Crippen molar-refractivity contribution < 1.29 is 4.42 Å². The largest absolute Gasteiger partial charge is 0.467 e. The van der Waals surface area contributed by atoms with Gasteiger partial charge in [-0.3, -0.25) is 4.98 Å². The maximum atomic E-state index is 5.79. The first kappa shape index (κ1) is 21.0. The smallest absolute Gasteiger partial charge is 0.170 e. The topological polar surface area (TPSA) is 46.2 Å². The summed E-state index contributed by atoms with van der Waals surface area (Å²) in [5.74, 6) is 0.877. The van der Waals surface area contributed by atoms with Crippen molar-refractivity contribution in [3.05, 3.63) is 106 Å². The lowest BCUT2D eigenvalue weighted by molar-refractivity contribution is 0.286. The summed E-state index contributed by atoms with van der Waals surface area (Å²) in [5.41, 5.74) is 5.69. The summed E-state index contributed by atoms with van der Waals surface area (Å²) in [6, 6.07) is 20.5. The molecule has 1 aromatic carbocycles. The third-order valence-electron chi connectivity index (χ3n) is 5.98. The third kappa shape index (κ3) is 3.76. The van der Waals surface area contributed by atoms with Gasteiger partial charge in [0.25, 0.3) is 0 Å². The van der Waals surface area contributed by atoms with Crippen molar-refractivity contribution in [2.24, 2.45) is 0 Å². The van der Waals surface area contributed by atoms with E-state index in [1.165, 1.54) is 17.0 Å². The van der Waals surface area contributed by atoms with Gasteiger partial charge in [0, 0.05) is 27.7 Å². The molecule has 162 valence electrons. The van der Waals surface area contributed by atoms with Crippen LogP contribution < -0.4 is 5.32 Å². The first-order valence-corrected chi connectivity index (χ1v) is 11.7. The van der Waals surface area contributed by atoms with Gasteiger partial charge in [-0.1, -0.05) is 22.0 Å². The van der Waals surface area contributed by atoms with E-state index >= 15 is 0 Å². The Balaban J connectivity index is 1.62. The highest BCUT2D eigenvalue weighted by atomic mass is 79.9. The number of hydrogen-bond acceptors (Lipinski definition) is 3. The lowest BCUT2D eigenvalue weighted by Crippen LogP contribution is -2.29. The van der Waals surface area contributed by atoms with E-state index in [9.17, 15) is 0 Å². The van der Waals surface area contributed by atoms with E-state index in [2.05, 4.69) is 85.9 Å². The number of thiocarbonyl (C=S) groups is 1. The van der Waals surface area contributed by atoms with Crippen molar-refractivity contribution in [1.29, 1.82) is 0 Å². The van der Waals surface area contributed by atoms with Crippen LogP contribution >= 0.6 is 28.1 Å². The number of furan rings is 1. The minimum Gasteiger partial charge on any atom is -0.467 e. The van der Waals surface area contributed by atoms with E-state index in [4.69, 9.17) is 16.6 Å². The predicted octanol–water partition coefficient (Wildman–Crippen LogP) is 6.02. The summed E-state index contributed by atoms with van der Waals surface area (Å²) in [6.07, 6.45) is 3.53. The van der Waals surface area contributed by atoms with Gasteiger partial charge in [-0.2, -0.15) is 0 Å². The van der Waals surface area contributed by atoms with Gasteiger partial charge in [0.05, 0.1) is 30.6 Å². The summed E-state index contributed by atoms with van der Waals surface area (Å²) < 4.78 is 9.01. The van der Waals surface area contributed by atoms with Crippen molar-refractivity contribution in [3.8, 4) is 5.69 Å². The van der Waals surface area contributed by atoms with Crippen molar-refractivity contribution >= 4 is 33.3 Å². The van der Waals surface area contributed by atoms with Crippen LogP contribution in [0.4, 0.5) is 0 Å². The fourth-order valence-corrected chi connectivity index (χ4v) is 5.13. The number of nitrogens with zero attached hydrogens (tertiary/aromatic N) is 3. The van der Waals surface area contributed by atoms with Crippen LogP contribution in [0.15, 0.2) is 82.0 Å². The molecule has 5 rings (SSSR count). The molecule has 4 heterocycles. The molecule has 0 bridgehead atoms. The minimum atomic E-state index is -0.0578. The zero-order valence-corrected chi connectivity index (χ0v) is 20.2. The maximum Gasteiger partial charge on any atom is 0.170 e. The van der Waals surface area contributed by atoms with E-state index in [0.717, 1.165) is 21.6 Å². The van der Waals surface area contributed by atoms with Crippen molar-refractivity contribution in [2.75, 3.05) is 0 Å². The Bertz CT molecular complexity index is 1240. The molecule has 1 fully saturated rings. The Morgan fingerprint density at radius 3 is 2.59 bits per heavy atom. The Hall–Kier alpha value is -2.90. The highest BCUT2D eigenvalue weighted by Crippen LogP contribution is 2.42. The second-order valence-corrected chi connectivity index (χ2v) is 9.27. The molecule has 1 aliphatic heterocycles. The summed E-state index contributed by atoms with van der Waals surface area (Å²) in [6.45, 7) is 4.91. The Labute approximate surface area is 201 Å². The first-order valence-electron chi connectivity index (χ1n) is 10.5. The van der Waals surface area contributed by atoms with Gasteiger partial charge in [0.2, 0.25) is 0 Å². The molecule has 0 spiro atoms. The number of hydrogen-bond donors (Lipinski definition) is 1. The van der Waals surface area contributed by atoms with Gasteiger partial charge in [0.15, 0.2) is 5.11 Å². The minimum absolute atomic E-state index is 0.0158. The lowest BCUT2D eigenvalue weighted by Gasteiger charge is -2.27. The molecular weight excluding hydrogens is 484 g/mol. The molecule has 1 saturated heterocycles. The number of aromatic nitrogens is 2. The molecule has 2 atom stereocenters. The van der Waals surface area contributed by atoms with E-state index in [-0.39, 0.29) is 12.1 Å². The second kappa shape index (κ2) is 8.56. The molecular formula is C25H23BrN4OS. The third-order valence-corrected chi connectivity index (χ3v) is 6.86. The maximum absolute atomic E-state index is 5.79. The van der Waals surface area contributed by atoms with Crippen LogP contribution in [-0.2, 0) is 6.54 Å². The van der Waals surface area contributed by atoms with Crippen LogP contribution in [0.25, 0.3) is 5.69 Å². The molecule has 32 heavy (non-hydrogen) atoms. The van der Waals surface area contributed by atoms with Gasteiger partial charge in [-0.25, -0.2) is 0 Å². The number of benzene rings is 1. The second-order valence-electron chi connectivity index (χ2n) is 7.97. The van der Waals surface area contributed by atoms with Crippen LogP contribution in [-0.4, -0.2) is 19.6 Å². The fourth-order valence-electron chi connectivity index (χ4n) is 4.56. The van der Waals surface area contributed by atoms with Crippen LogP contribution in [0.1, 0.15) is 40.5 Å². The standard InChI is InChI=1S/C25H23BrN4OS/c1-16-14-21(17(2)30(16)19-10-8-18(26)9-11-19)24-23(22-7-3-4-12-27-22)28-25(32)29(24)15-20-6-5-13-31-20/h3-14,23-24H,15H2,1-2H3,(H,28,32)/t23-,24+/m1/s1. The van der Waals surface area contributed by atoms with Gasteiger partial charge in [-0.05, 0) is 86.2 Å².